The van der Waals surface area contributed by atoms with Crippen molar-refractivity contribution in [3.63, 3.8) is 0 Å². The maximum Gasteiger partial charge on any atom is 0.196 e. The number of benzene rings is 1. The molecule has 0 aliphatic carbocycles. The van der Waals surface area contributed by atoms with Gasteiger partial charge in [-0.15, -0.1) is 9.36 Å². The van der Waals surface area contributed by atoms with Crippen molar-refractivity contribution in [1.82, 2.24) is 4.68 Å². The van der Waals surface area contributed by atoms with Crippen LogP contribution in [0.5, 0.6) is 0 Å². The van der Waals surface area contributed by atoms with Gasteiger partial charge in [-0.3, -0.25) is 0 Å². The van der Waals surface area contributed by atoms with E-state index in [1.807, 2.05) is 23.1 Å². The molecular formula is C15H17F2N2+. The first kappa shape index (κ1) is 12.3. The summed E-state index contributed by atoms with van der Waals surface area (Å²) in [4.78, 5) is 0. The lowest BCUT2D eigenvalue weighted by molar-refractivity contribution is -0.777. The van der Waals surface area contributed by atoms with Crippen LogP contribution in [-0.4, -0.2) is 4.68 Å². The fraction of sp³-hybridized carbons (Fsp3) is 0.400. The van der Waals surface area contributed by atoms with E-state index in [1.54, 1.807) is 4.68 Å². The van der Waals surface area contributed by atoms with E-state index in [4.69, 9.17) is 0 Å². The molecule has 1 aliphatic rings. The summed E-state index contributed by atoms with van der Waals surface area (Å²) in [7, 11) is 0. The minimum Gasteiger partial charge on any atom is -0.207 e. The fourth-order valence-corrected chi connectivity index (χ4v) is 3.16. The van der Waals surface area contributed by atoms with Gasteiger partial charge in [-0.25, -0.2) is 8.78 Å². The molecule has 0 atom stereocenters. The zero-order chi connectivity index (χ0) is 13.6. The number of rotatable bonds is 2. The Kier molecular flexibility index (Phi) is 2.69. The molecule has 1 aromatic heterocycles. The Balaban J connectivity index is 2.36. The van der Waals surface area contributed by atoms with Crippen molar-refractivity contribution in [3.05, 3.63) is 47.8 Å². The van der Waals surface area contributed by atoms with Crippen LogP contribution in [0.3, 0.4) is 0 Å². The smallest absolute Gasteiger partial charge is 0.196 e. The molecule has 3 rings (SSSR count). The van der Waals surface area contributed by atoms with Gasteiger partial charge in [0, 0.05) is 17.7 Å². The Labute approximate surface area is 111 Å². The number of hydrogen-bond acceptors (Lipinski definition) is 0. The molecule has 0 fully saturated rings. The van der Waals surface area contributed by atoms with Crippen molar-refractivity contribution in [2.24, 2.45) is 0 Å². The summed E-state index contributed by atoms with van der Waals surface area (Å²) in [6.07, 6.45) is 5.47. The van der Waals surface area contributed by atoms with Gasteiger partial charge in [0.25, 0.3) is 0 Å². The van der Waals surface area contributed by atoms with Gasteiger partial charge in [0.1, 0.15) is 11.5 Å². The van der Waals surface area contributed by atoms with E-state index in [1.165, 1.54) is 6.07 Å². The molecule has 0 radical (unpaired) electrons. The quantitative estimate of drug-likeness (QED) is 0.736. The van der Waals surface area contributed by atoms with E-state index in [0.29, 0.717) is 5.69 Å². The van der Waals surface area contributed by atoms with E-state index >= 15 is 0 Å². The molecule has 2 aromatic rings. The average Bonchev–Trinajstić information content (AvgIpc) is 2.84. The largest absolute Gasteiger partial charge is 0.207 e. The van der Waals surface area contributed by atoms with Crippen LogP contribution in [-0.2, 0) is 12.0 Å². The van der Waals surface area contributed by atoms with Crippen molar-refractivity contribution < 1.29 is 13.5 Å². The van der Waals surface area contributed by atoms with Crippen molar-refractivity contribution in [1.29, 1.82) is 0 Å². The van der Waals surface area contributed by atoms with Crippen LogP contribution in [0.2, 0.25) is 0 Å². The molecule has 0 bridgehead atoms. The fourth-order valence-electron chi connectivity index (χ4n) is 3.16. The second kappa shape index (κ2) is 4.15. The van der Waals surface area contributed by atoms with Crippen LogP contribution in [0, 0.1) is 11.6 Å². The number of fused-ring (bicyclic) bond motifs is 3. The van der Waals surface area contributed by atoms with Crippen molar-refractivity contribution in [3.8, 4) is 5.69 Å². The van der Waals surface area contributed by atoms with E-state index in [2.05, 4.69) is 13.8 Å². The predicted octanol–water partition coefficient (Wildman–Crippen LogP) is 3.11. The highest BCUT2D eigenvalue weighted by Gasteiger charge is 2.42. The number of nitrogens with zero attached hydrogens (tertiary/aromatic N) is 2. The lowest BCUT2D eigenvalue weighted by atomic mass is 9.74. The Morgan fingerprint density at radius 1 is 1.26 bits per heavy atom. The topological polar surface area (TPSA) is 8.81 Å². The Bertz CT molecular complexity index is 627. The highest BCUT2D eigenvalue weighted by Crippen LogP contribution is 2.39. The molecule has 0 amide bonds. The zero-order valence-corrected chi connectivity index (χ0v) is 11.2. The lowest BCUT2D eigenvalue weighted by Gasteiger charge is -2.34. The maximum absolute atomic E-state index is 14.2. The molecule has 2 heterocycles. The highest BCUT2D eigenvalue weighted by atomic mass is 19.1. The first-order valence-corrected chi connectivity index (χ1v) is 6.68. The maximum atomic E-state index is 14.2. The van der Waals surface area contributed by atoms with E-state index in [9.17, 15) is 8.78 Å². The molecule has 1 aromatic carbocycles. The summed E-state index contributed by atoms with van der Waals surface area (Å²) in [5.41, 5.74) is 1.07. The molecule has 0 unspecified atom stereocenters. The zero-order valence-electron chi connectivity index (χ0n) is 11.2. The van der Waals surface area contributed by atoms with Gasteiger partial charge in [0.2, 0.25) is 0 Å². The minimum absolute atomic E-state index is 0.197. The molecule has 0 saturated carbocycles. The third-order valence-electron chi connectivity index (χ3n) is 4.41. The summed E-state index contributed by atoms with van der Waals surface area (Å²) >= 11 is 0. The predicted molar refractivity (Wildman–Crippen MR) is 68.1 cm³/mol. The van der Waals surface area contributed by atoms with Gasteiger partial charge < -0.3 is 0 Å². The third-order valence-corrected chi connectivity index (χ3v) is 4.41. The molecule has 2 nitrogen and oxygen atoms in total. The van der Waals surface area contributed by atoms with Crippen LogP contribution < -0.4 is 4.68 Å². The molecule has 100 valence electrons. The van der Waals surface area contributed by atoms with Crippen LogP contribution in [0.15, 0.2) is 30.6 Å². The summed E-state index contributed by atoms with van der Waals surface area (Å²) in [5.74, 6) is -0.992. The minimum atomic E-state index is -0.497. The van der Waals surface area contributed by atoms with Gasteiger partial charge in [0.05, 0.1) is 11.6 Å². The number of aromatic nitrogens is 2. The Morgan fingerprint density at radius 2 is 2.00 bits per heavy atom. The molecule has 4 heteroatoms. The van der Waals surface area contributed by atoms with Crippen LogP contribution in [0.4, 0.5) is 8.78 Å². The van der Waals surface area contributed by atoms with Crippen LogP contribution in [0.1, 0.15) is 32.3 Å². The molecule has 0 N–H and O–H groups in total. The lowest BCUT2D eigenvalue weighted by Crippen LogP contribution is -2.55. The molecule has 0 saturated heterocycles. The standard InChI is InChI=1S/C15H17F2N2/c1-3-15(4-2)10-18-6-5-7-19(18)14-12(15)8-11(16)9-13(14)17/h5-9H,3-4,10H2,1-2H3/q+1. The highest BCUT2D eigenvalue weighted by molar-refractivity contribution is 5.47. The SMILES string of the molecule is CCC1(CC)C[n+]2cccn2-c2c(F)cc(F)cc21. The van der Waals surface area contributed by atoms with Crippen LogP contribution in [0.25, 0.3) is 5.69 Å². The molecule has 1 aliphatic heterocycles. The van der Waals surface area contributed by atoms with Gasteiger partial charge in [-0.2, -0.15) is 0 Å². The molecule has 19 heavy (non-hydrogen) atoms. The molecular weight excluding hydrogens is 246 g/mol. The van der Waals surface area contributed by atoms with Crippen molar-refractivity contribution in [2.45, 2.75) is 38.6 Å². The summed E-state index contributed by atoms with van der Waals surface area (Å²) in [6, 6.07) is 4.34. The first-order valence-electron chi connectivity index (χ1n) is 6.68. The summed E-state index contributed by atoms with van der Waals surface area (Å²) < 4.78 is 31.6. The average molecular weight is 263 g/mol. The monoisotopic (exact) mass is 263 g/mol. The van der Waals surface area contributed by atoms with Crippen molar-refractivity contribution in [2.75, 3.05) is 0 Å². The van der Waals surface area contributed by atoms with Gasteiger partial charge in [-0.1, -0.05) is 13.8 Å². The second-order valence-electron chi connectivity index (χ2n) is 5.20. The van der Waals surface area contributed by atoms with E-state index < -0.39 is 11.6 Å². The first-order chi connectivity index (χ1) is 9.11. The van der Waals surface area contributed by atoms with Gasteiger partial charge in [0.15, 0.2) is 18.6 Å². The van der Waals surface area contributed by atoms with Gasteiger partial charge in [-0.05, 0) is 18.9 Å². The van der Waals surface area contributed by atoms with E-state index in [-0.39, 0.29) is 5.41 Å². The Morgan fingerprint density at radius 3 is 2.68 bits per heavy atom. The summed E-state index contributed by atoms with van der Waals surface area (Å²) in [6.45, 7) is 4.91. The normalized spacial score (nSPS) is 16.0. The number of halogens is 2. The second-order valence-corrected chi connectivity index (χ2v) is 5.20. The van der Waals surface area contributed by atoms with Crippen LogP contribution >= 0.6 is 0 Å². The summed E-state index contributed by atoms with van der Waals surface area (Å²) in [5, 5.41) is 0. The van der Waals surface area contributed by atoms with Crippen molar-refractivity contribution >= 4 is 0 Å². The van der Waals surface area contributed by atoms with E-state index in [0.717, 1.165) is 31.0 Å². The third kappa shape index (κ3) is 1.62. The molecule has 0 spiro atoms. The van der Waals surface area contributed by atoms with Gasteiger partial charge >= 0.3 is 0 Å². The number of hydrogen-bond donors (Lipinski definition) is 0. The Hall–Kier alpha value is -1.71.